The summed E-state index contributed by atoms with van der Waals surface area (Å²) >= 11 is 0. The number of alkyl carbamates (subject to hydrolysis) is 1. The number of aliphatic hydroxyl groups excluding tert-OH is 1. The maximum absolute atomic E-state index is 13.7. The van der Waals surface area contributed by atoms with Gasteiger partial charge in [-0.3, -0.25) is 9.59 Å². The van der Waals surface area contributed by atoms with Crippen LogP contribution in [-0.4, -0.2) is 58.2 Å². The van der Waals surface area contributed by atoms with Gasteiger partial charge in [0.2, 0.25) is 11.8 Å². The Morgan fingerprint density at radius 3 is 2.09 bits per heavy atom. The van der Waals surface area contributed by atoms with Crippen LogP contribution in [0.5, 0.6) is 0 Å². The summed E-state index contributed by atoms with van der Waals surface area (Å²) in [7, 11) is 0. The van der Waals surface area contributed by atoms with Gasteiger partial charge >= 0.3 is 6.09 Å². The number of hydrogen-bond donors (Lipinski definition) is 3. The highest BCUT2D eigenvalue weighted by Gasteiger charge is 2.48. The first kappa shape index (κ1) is 26.6. The van der Waals surface area contributed by atoms with Crippen LogP contribution in [0, 0.1) is 19.8 Å². The molecule has 0 bridgehead atoms. The van der Waals surface area contributed by atoms with E-state index in [1.807, 2.05) is 52.8 Å². The molecule has 0 heterocycles. The molecule has 3 N–H and O–H groups in total. The maximum Gasteiger partial charge on any atom is 0.408 e. The highest BCUT2D eigenvalue weighted by molar-refractivity contribution is 5.92. The number of nitrogens with zero attached hydrogens (tertiary/aromatic N) is 1. The smallest absolute Gasteiger partial charge is 0.408 e. The van der Waals surface area contributed by atoms with Gasteiger partial charge in [-0.1, -0.05) is 36.2 Å². The zero-order valence-corrected chi connectivity index (χ0v) is 21.1. The molecule has 184 valence electrons. The SMILES string of the molecule is Cc1cc(C)cc(C(C(=O)NC(C)C)N(C(=O)C(CO)NC(=O)OC(C)(C)C)C2CC2C)c1. The van der Waals surface area contributed by atoms with Crippen molar-refractivity contribution in [2.45, 2.75) is 91.6 Å². The molecule has 8 heteroatoms. The molecule has 1 aliphatic carbocycles. The molecule has 3 amide bonds. The molecule has 0 spiro atoms. The van der Waals surface area contributed by atoms with Gasteiger partial charge in [0.15, 0.2) is 0 Å². The molecule has 1 fully saturated rings. The Balaban J connectivity index is 2.46. The number of ether oxygens (including phenoxy) is 1. The second-order valence-electron chi connectivity index (χ2n) is 10.4. The van der Waals surface area contributed by atoms with Crippen LogP contribution >= 0.6 is 0 Å². The first-order valence-electron chi connectivity index (χ1n) is 11.5. The molecule has 0 aliphatic heterocycles. The monoisotopic (exact) mass is 461 g/mol. The molecule has 4 unspecified atom stereocenters. The van der Waals surface area contributed by atoms with Crippen LogP contribution in [0.4, 0.5) is 4.79 Å². The fraction of sp³-hybridized carbons (Fsp3) is 0.640. The fourth-order valence-corrected chi connectivity index (χ4v) is 3.96. The van der Waals surface area contributed by atoms with Crippen molar-refractivity contribution in [3.63, 3.8) is 0 Å². The van der Waals surface area contributed by atoms with Gasteiger partial charge in [-0.05, 0) is 66.4 Å². The van der Waals surface area contributed by atoms with Crippen molar-refractivity contribution < 1.29 is 24.2 Å². The highest BCUT2D eigenvalue weighted by Crippen LogP contribution is 2.41. The Hall–Kier alpha value is -2.61. The molecule has 1 aliphatic rings. The average Bonchev–Trinajstić information content (AvgIpc) is 3.36. The van der Waals surface area contributed by atoms with E-state index in [1.54, 1.807) is 20.8 Å². The van der Waals surface area contributed by atoms with Gasteiger partial charge in [-0.2, -0.15) is 0 Å². The Labute approximate surface area is 197 Å². The van der Waals surface area contributed by atoms with Crippen molar-refractivity contribution in [3.05, 3.63) is 34.9 Å². The van der Waals surface area contributed by atoms with E-state index in [1.165, 1.54) is 4.90 Å². The molecule has 0 aromatic heterocycles. The van der Waals surface area contributed by atoms with Crippen LogP contribution < -0.4 is 10.6 Å². The number of aliphatic hydroxyl groups is 1. The van der Waals surface area contributed by atoms with Crippen LogP contribution in [-0.2, 0) is 14.3 Å². The third-order valence-corrected chi connectivity index (χ3v) is 5.37. The number of amides is 3. The Kier molecular flexibility index (Phi) is 8.52. The van der Waals surface area contributed by atoms with Crippen molar-refractivity contribution in [1.82, 2.24) is 15.5 Å². The van der Waals surface area contributed by atoms with Gasteiger partial charge in [0.05, 0.1) is 6.61 Å². The van der Waals surface area contributed by atoms with Gasteiger partial charge in [0.25, 0.3) is 0 Å². The Morgan fingerprint density at radius 1 is 1.12 bits per heavy atom. The summed E-state index contributed by atoms with van der Waals surface area (Å²) in [5, 5.41) is 15.4. The minimum Gasteiger partial charge on any atom is -0.444 e. The summed E-state index contributed by atoms with van der Waals surface area (Å²) in [4.78, 5) is 41.0. The minimum absolute atomic E-state index is 0.118. The summed E-state index contributed by atoms with van der Waals surface area (Å²) < 4.78 is 5.26. The quantitative estimate of drug-likeness (QED) is 0.552. The largest absolute Gasteiger partial charge is 0.444 e. The van der Waals surface area contributed by atoms with Crippen molar-refractivity contribution in [3.8, 4) is 0 Å². The predicted molar refractivity (Wildman–Crippen MR) is 127 cm³/mol. The lowest BCUT2D eigenvalue weighted by atomic mass is 9.98. The van der Waals surface area contributed by atoms with E-state index in [-0.39, 0.29) is 23.9 Å². The topological polar surface area (TPSA) is 108 Å². The summed E-state index contributed by atoms with van der Waals surface area (Å²) in [6.45, 7) is 14.2. The second kappa shape index (κ2) is 10.5. The lowest BCUT2D eigenvalue weighted by molar-refractivity contribution is -0.144. The van der Waals surface area contributed by atoms with Gasteiger partial charge < -0.3 is 25.4 Å². The zero-order chi connectivity index (χ0) is 25.1. The fourth-order valence-electron chi connectivity index (χ4n) is 3.96. The number of aryl methyl sites for hydroxylation is 2. The third-order valence-electron chi connectivity index (χ3n) is 5.37. The van der Waals surface area contributed by atoms with Crippen LogP contribution in [0.25, 0.3) is 0 Å². The number of benzene rings is 1. The Bertz CT molecular complexity index is 857. The van der Waals surface area contributed by atoms with Crippen molar-refractivity contribution >= 4 is 17.9 Å². The zero-order valence-electron chi connectivity index (χ0n) is 21.1. The Morgan fingerprint density at radius 2 is 1.67 bits per heavy atom. The van der Waals surface area contributed by atoms with Gasteiger partial charge in [-0.15, -0.1) is 0 Å². The van der Waals surface area contributed by atoms with E-state index in [9.17, 15) is 19.5 Å². The number of rotatable bonds is 8. The molecular formula is C25H39N3O5. The summed E-state index contributed by atoms with van der Waals surface area (Å²) in [6, 6.07) is 3.41. The lowest BCUT2D eigenvalue weighted by Crippen LogP contribution is -2.55. The van der Waals surface area contributed by atoms with Gasteiger partial charge in [0, 0.05) is 12.1 Å². The van der Waals surface area contributed by atoms with E-state index in [0.29, 0.717) is 5.56 Å². The van der Waals surface area contributed by atoms with Gasteiger partial charge in [0.1, 0.15) is 17.7 Å². The van der Waals surface area contributed by atoms with Crippen molar-refractivity contribution in [1.29, 1.82) is 0 Å². The van der Waals surface area contributed by atoms with Crippen LogP contribution in [0.1, 0.15) is 70.7 Å². The lowest BCUT2D eigenvalue weighted by Gasteiger charge is -2.35. The molecule has 0 saturated heterocycles. The van der Waals surface area contributed by atoms with E-state index >= 15 is 0 Å². The van der Waals surface area contributed by atoms with E-state index in [2.05, 4.69) is 10.6 Å². The highest BCUT2D eigenvalue weighted by atomic mass is 16.6. The number of carbonyl (C=O) groups is 3. The van der Waals surface area contributed by atoms with E-state index in [0.717, 1.165) is 17.5 Å². The summed E-state index contributed by atoms with van der Waals surface area (Å²) in [5.41, 5.74) is 1.91. The summed E-state index contributed by atoms with van der Waals surface area (Å²) in [6.07, 6.45) is -0.0552. The maximum atomic E-state index is 13.7. The second-order valence-corrected chi connectivity index (χ2v) is 10.4. The molecule has 0 radical (unpaired) electrons. The number of carbonyl (C=O) groups excluding carboxylic acids is 3. The molecule has 4 atom stereocenters. The third kappa shape index (κ3) is 7.45. The van der Waals surface area contributed by atoms with E-state index < -0.39 is 36.3 Å². The first-order chi connectivity index (χ1) is 15.2. The molecule has 1 aromatic carbocycles. The summed E-state index contributed by atoms with van der Waals surface area (Å²) in [5.74, 6) is -0.604. The van der Waals surface area contributed by atoms with Crippen LogP contribution in [0.3, 0.4) is 0 Å². The van der Waals surface area contributed by atoms with Crippen LogP contribution in [0.15, 0.2) is 18.2 Å². The number of hydrogen-bond acceptors (Lipinski definition) is 5. The number of nitrogens with one attached hydrogen (secondary N) is 2. The normalized spacial score (nSPS) is 19.5. The van der Waals surface area contributed by atoms with Crippen molar-refractivity contribution in [2.75, 3.05) is 6.61 Å². The van der Waals surface area contributed by atoms with Crippen LogP contribution in [0.2, 0.25) is 0 Å². The predicted octanol–water partition coefficient (Wildman–Crippen LogP) is 2.99. The van der Waals surface area contributed by atoms with Gasteiger partial charge in [-0.25, -0.2) is 4.79 Å². The average molecular weight is 462 g/mol. The minimum atomic E-state index is -1.23. The molecule has 2 rings (SSSR count). The molecule has 1 saturated carbocycles. The standard InChI is InChI=1S/C25H39N3O5/c1-14(2)26-22(30)21(18-10-15(3)9-16(4)11-18)28(20-12-17(20)5)23(31)19(13-29)27-24(32)33-25(6,7)8/h9-11,14,17,19-21,29H,12-13H2,1-8H3,(H,26,30)(H,27,32). The molecule has 33 heavy (non-hydrogen) atoms. The molecule has 8 nitrogen and oxygen atoms in total. The molecular weight excluding hydrogens is 422 g/mol. The van der Waals surface area contributed by atoms with E-state index in [4.69, 9.17) is 4.74 Å². The first-order valence-corrected chi connectivity index (χ1v) is 11.5. The van der Waals surface area contributed by atoms with Crippen molar-refractivity contribution in [2.24, 2.45) is 5.92 Å². The molecule has 1 aromatic rings.